The Balaban J connectivity index is 1.96. The topological polar surface area (TPSA) is 85.2 Å². The van der Waals surface area contributed by atoms with Crippen LogP contribution in [0.2, 0.25) is 0 Å². The van der Waals surface area contributed by atoms with Gasteiger partial charge in [-0.1, -0.05) is 90.4 Å². The van der Waals surface area contributed by atoms with Gasteiger partial charge in [-0.3, -0.25) is 4.57 Å². The second-order valence-electron chi connectivity index (χ2n) is 8.34. The Labute approximate surface area is 179 Å². The molecule has 0 aromatic heterocycles. The molecule has 0 aromatic rings. The third-order valence-corrected chi connectivity index (χ3v) is 6.24. The van der Waals surface area contributed by atoms with Crippen molar-refractivity contribution in [2.45, 2.75) is 121 Å². The van der Waals surface area contributed by atoms with Gasteiger partial charge in [0.1, 0.15) is 26.2 Å². The Hall–Kier alpha value is 0.0949. The average Bonchev–Trinajstić information content (AvgIpc) is 2.99. The largest absolute Gasteiger partial charge is 0.394 e. The Morgan fingerprint density at radius 3 is 1.79 bits per heavy atom. The minimum Gasteiger partial charge on any atom is -0.394 e. The van der Waals surface area contributed by atoms with Crippen molar-refractivity contribution in [2.24, 2.45) is 0 Å². The smallest absolute Gasteiger partial charge is 0.317 e. The summed E-state index contributed by atoms with van der Waals surface area (Å²) in [6.07, 6.45) is 16.7. The predicted molar refractivity (Wildman–Crippen MR) is 120 cm³/mol. The highest BCUT2D eigenvalue weighted by Crippen LogP contribution is 2.31. The van der Waals surface area contributed by atoms with Crippen LogP contribution >= 0.6 is 8.25 Å². The van der Waals surface area contributed by atoms with E-state index in [0.29, 0.717) is 6.61 Å². The van der Waals surface area contributed by atoms with Crippen molar-refractivity contribution in [1.29, 1.82) is 0 Å². The molecule has 1 aliphatic heterocycles. The number of ether oxygens (including phenoxy) is 2. The van der Waals surface area contributed by atoms with Crippen LogP contribution in [0.4, 0.5) is 0 Å². The van der Waals surface area contributed by atoms with Crippen molar-refractivity contribution >= 4 is 16.1 Å². The molecule has 1 aliphatic rings. The Kier molecular flexibility index (Phi) is 16.6. The van der Waals surface area contributed by atoms with Gasteiger partial charge in [0.2, 0.25) is 0 Å². The summed E-state index contributed by atoms with van der Waals surface area (Å²) < 4.78 is 27.6. The molecule has 0 bridgehead atoms. The first-order chi connectivity index (χ1) is 14.1. The number of aliphatic hydroxyl groups is 1. The second kappa shape index (κ2) is 17.7. The van der Waals surface area contributed by atoms with E-state index in [-0.39, 0.29) is 12.6 Å². The molecule has 0 aromatic carbocycles. The molecule has 0 spiro atoms. The summed E-state index contributed by atoms with van der Waals surface area (Å²) in [6.45, 7) is 2.60. The van der Waals surface area contributed by atoms with E-state index < -0.39 is 26.6 Å². The third kappa shape index (κ3) is 12.5. The number of aliphatic hydroxyl groups excluding tert-OH is 1. The predicted octanol–water partition coefficient (Wildman–Crippen LogP) is 3.97. The van der Waals surface area contributed by atoms with Crippen LogP contribution in [0.15, 0.2) is 0 Å². The molecule has 29 heavy (non-hydrogen) atoms. The summed E-state index contributed by atoms with van der Waals surface area (Å²) in [7, 11) is -1.25. The molecule has 1 saturated heterocycles. The molecule has 172 valence electrons. The van der Waals surface area contributed by atoms with Crippen molar-refractivity contribution in [3.8, 4) is 0 Å². The maximum atomic E-state index is 11.1. The summed E-state index contributed by atoms with van der Waals surface area (Å²) in [6, 6.07) is -0.259. The minimum absolute atomic E-state index is 0.247. The minimum atomic E-state index is -3.10. The van der Waals surface area contributed by atoms with Crippen LogP contribution < -0.4 is 0 Å². The van der Waals surface area contributed by atoms with Gasteiger partial charge in [0.25, 0.3) is 0 Å². The van der Waals surface area contributed by atoms with Gasteiger partial charge in [-0.15, -0.1) is 0 Å². The summed E-state index contributed by atoms with van der Waals surface area (Å²) >= 11 is 0. The number of unbranched alkanes of at least 4 members (excludes halogenated alkanes) is 13. The van der Waals surface area contributed by atoms with Crippen molar-refractivity contribution in [3.05, 3.63) is 0 Å². The zero-order chi connectivity index (χ0) is 21.3. The Bertz CT molecular complexity index is 415. The summed E-state index contributed by atoms with van der Waals surface area (Å²) in [5, 5.41) is 9.36. The SMILES string of the molecule is B[C@@H]1O[C@H](CO)C(O[PH](=O)O)C1OCCCCCCCCCCCCCCCC. The van der Waals surface area contributed by atoms with E-state index in [0.717, 1.165) is 12.8 Å². The number of hydrogen-bond donors (Lipinski definition) is 2. The maximum absolute atomic E-state index is 11.1. The Morgan fingerprint density at radius 1 is 0.862 bits per heavy atom. The molecule has 0 radical (unpaired) electrons. The van der Waals surface area contributed by atoms with Crippen LogP contribution in [0.1, 0.15) is 96.8 Å². The van der Waals surface area contributed by atoms with Crippen LogP contribution in [-0.4, -0.2) is 55.4 Å². The molecule has 3 unspecified atom stereocenters. The molecule has 1 fully saturated rings. The maximum Gasteiger partial charge on any atom is 0.317 e. The van der Waals surface area contributed by atoms with Crippen molar-refractivity contribution in [3.63, 3.8) is 0 Å². The fraction of sp³-hybridized carbons (Fsp3) is 1.00. The highest BCUT2D eigenvalue weighted by molar-refractivity contribution is 7.32. The van der Waals surface area contributed by atoms with E-state index in [1.54, 1.807) is 0 Å². The van der Waals surface area contributed by atoms with Crippen LogP contribution in [0, 0.1) is 0 Å². The molecule has 0 saturated carbocycles. The highest BCUT2D eigenvalue weighted by Gasteiger charge is 2.44. The van der Waals surface area contributed by atoms with Crippen LogP contribution in [0.25, 0.3) is 0 Å². The molecule has 8 heteroatoms. The van der Waals surface area contributed by atoms with Crippen molar-refractivity contribution in [2.75, 3.05) is 13.2 Å². The summed E-state index contributed by atoms with van der Waals surface area (Å²) in [5.74, 6) is 0. The lowest BCUT2D eigenvalue weighted by Gasteiger charge is -2.22. The van der Waals surface area contributed by atoms with E-state index in [1.807, 2.05) is 7.85 Å². The zero-order valence-electron chi connectivity index (χ0n) is 18.7. The fourth-order valence-electron chi connectivity index (χ4n) is 4.06. The van der Waals surface area contributed by atoms with Crippen molar-refractivity contribution in [1.82, 2.24) is 0 Å². The van der Waals surface area contributed by atoms with Gasteiger partial charge in [-0.05, 0) is 6.42 Å². The molecule has 0 aliphatic carbocycles. The molecule has 2 N–H and O–H groups in total. The van der Waals surface area contributed by atoms with Gasteiger partial charge in [-0.25, -0.2) is 0 Å². The summed E-state index contributed by atoms with van der Waals surface area (Å²) in [4.78, 5) is 9.07. The van der Waals surface area contributed by atoms with Gasteiger partial charge in [0.15, 0.2) is 0 Å². The molecular weight excluding hydrogens is 390 g/mol. The second-order valence-corrected chi connectivity index (χ2v) is 9.11. The monoisotopic (exact) mass is 434 g/mol. The molecule has 1 heterocycles. The lowest BCUT2D eigenvalue weighted by molar-refractivity contribution is -0.0176. The lowest BCUT2D eigenvalue weighted by atomic mass is 9.93. The van der Waals surface area contributed by atoms with Gasteiger partial charge >= 0.3 is 8.25 Å². The van der Waals surface area contributed by atoms with Gasteiger partial charge in [0.05, 0.1) is 12.6 Å². The van der Waals surface area contributed by atoms with E-state index in [2.05, 4.69) is 6.92 Å². The molecule has 1 rings (SSSR count). The van der Waals surface area contributed by atoms with E-state index in [4.69, 9.17) is 18.9 Å². The first kappa shape index (κ1) is 27.1. The van der Waals surface area contributed by atoms with E-state index >= 15 is 0 Å². The van der Waals surface area contributed by atoms with E-state index in [1.165, 1.54) is 77.0 Å². The quantitative estimate of drug-likeness (QED) is 0.182. The van der Waals surface area contributed by atoms with E-state index in [9.17, 15) is 9.67 Å². The third-order valence-electron chi connectivity index (χ3n) is 5.77. The number of rotatable bonds is 19. The normalized spacial score (nSPS) is 25.5. The molecule has 6 nitrogen and oxygen atoms in total. The van der Waals surface area contributed by atoms with Crippen LogP contribution in [-0.2, 0) is 18.6 Å². The van der Waals surface area contributed by atoms with Crippen LogP contribution in [0.5, 0.6) is 0 Å². The fourth-order valence-corrected chi connectivity index (χ4v) is 4.58. The first-order valence-corrected chi connectivity index (χ1v) is 13.1. The van der Waals surface area contributed by atoms with Gasteiger partial charge in [-0.2, -0.15) is 0 Å². The first-order valence-electron chi connectivity index (χ1n) is 11.9. The zero-order valence-corrected chi connectivity index (χ0v) is 19.7. The van der Waals surface area contributed by atoms with Gasteiger partial charge in [0, 0.05) is 6.61 Å². The summed E-state index contributed by atoms with van der Waals surface area (Å²) in [5.41, 5.74) is 0. The molecule has 5 atom stereocenters. The number of hydrogen-bond acceptors (Lipinski definition) is 5. The molecular formula is C21H44BO6P. The average molecular weight is 434 g/mol. The molecule has 0 amide bonds. The van der Waals surface area contributed by atoms with Crippen LogP contribution in [0.3, 0.4) is 0 Å². The lowest BCUT2D eigenvalue weighted by Crippen LogP contribution is -2.37. The van der Waals surface area contributed by atoms with Crippen molar-refractivity contribution < 1.29 is 28.6 Å². The van der Waals surface area contributed by atoms with Gasteiger partial charge < -0.3 is 24.0 Å². The standard InChI is InChI=1S/C21H44BO6P/c1-2-3-4-5-6-7-8-9-10-11-12-13-14-15-16-26-20-19(28-29(24)25)18(17-23)27-21(20)22/h18-21,23,29H,2-17,22H2,1H3,(H,24,25)/t18-,19?,20?,21-/m1/s1. The highest BCUT2D eigenvalue weighted by atomic mass is 31.1. The Morgan fingerprint density at radius 2 is 1.34 bits per heavy atom.